The van der Waals surface area contributed by atoms with E-state index in [4.69, 9.17) is 23.7 Å². The number of carbonyl (C=O) groups excluding carboxylic acids is 1. The van der Waals surface area contributed by atoms with Crippen LogP contribution in [-0.2, 0) is 9.47 Å². The standard InChI is InChI=1S/C21H32O7Si/c1-9-20(2,3)26-18-15(25-13-24-10-11-29(6,7)8)12-14-17(16(18)22)27-21(4,5)28-19(14)23/h9,12,22H,1,10-11,13H2,2-8H3. The third-order valence-corrected chi connectivity index (χ3v) is 5.94. The summed E-state index contributed by atoms with van der Waals surface area (Å²) in [5, 5.41) is 10.8. The molecule has 1 heterocycles. The van der Waals surface area contributed by atoms with Gasteiger partial charge in [0.25, 0.3) is 0 Å². The molecule has 0 bridgehead atoms. The Kier molecular flexibility index (Phi) is 6.59. The fourth-order valence-corrected chi connectivity index (χ4v) is 3.22. The molecular weight excluding hydrogens is 392 g/mol. The van der Waals surface area contributed by atoms with Crippen LogP contribution >= 0.6 is 0 Å². The lowest BCUT2D eigenvalue weighted by molar-refractivity contribution is -0.128. The van der Waals surface area contributed by atoms with Gasteiger partial charge in [0, 0.05) is 34.6 Å². The first-order valence-corrected chi connectivity index (χ1v) is 13.3. The van der Waals surface area contributed by atoms with E-state index in [1.807, 2.05) is 0 Å². The first-order valence-electron chi connectivity index (χ1n) is 9.60. The highest BCUT2D eigenvalue weighted by molar-refractivity contribution is 6.76. The van der Waals surface area contributed by atoms with Gasteiger partial charge in [-0.25, -0.2) is 4.79 Å². The van der Waals surface area contributed by atoms with Gasteiger partial charge in [0.1, 0.15) is 11.2 Å². The minimum Gasteiger partial charge on any atom is -0.502 e. The lowest BCUT2D eigenvalue weighted by atomic mass is 10.1. The first kappa shape index (κ1) is 23.1. The van der Waals surface area contributed by atoms with Crippen molar-refractivity contribution in [2.45, 2.75) is 64.8 Å². The predicted molar refractivity (Wildman–Crippen MR) is 113 cm³/mol. The number of hydrogen-bond donors (Lipinski definition) is 1. The Morgan fingerprint density at radius 1 is 1.28 bits per heavy atom. The van der Waals surface area contributed by atoms with Crippen LogP contribution in [0, 0.1) is 0 Å². The Hall–Kier alpha value is -2.19. The average Bonchev–Trinajstić information content (AvgIpc) is 2.57. The number of aromatic hydroxyl groups is 1. The maximum Gasteiger partial charge on any atom is 0.345 e. The van der Waals surface area contributed by atoms with E-state index in [2.05, 4.69) is 26.2 Å². The summed E-state index contributed by atoms with van der Waals surface area (Å²) in [6.45, 7) is 17.8. The van der Waals surface area contributed by atoms with Gasteiger partial charge in [0.15, 0.2) is 18.3 Å². The molecule has 0 fully saturated rings. The Balaban J connectivity index is 2.33. The normalized spacial score (nSPS) is 15.8. The fourth-order valence-electron chi connectivity index (χ4n) is 2.46. The molecule has 0 aliphatic carbocycles. The summed E-state index contributed by atoms with van der Waals surface area (Å²) in [7, 11) is -1.22. The highest BCUT2D eigenvalue weighted by Gasteiger charge is 2.39. The minimum atomic E-state index is -1.22. The van der Waals surface area contributed by atoms with Crippen molar-refractivity contribution >= 4 is 14.0 Å². The van der Waals surface area contributed by atoms with E-state index >= 15 is 0 Å². The van der Waals surface area contributed by atoms with Crippen molar-refractivity contribution in [2.24, 2.45) is 0 Å². The molecule has 7 nitrogen and oxygen atoms in total. The third kappa shape index (κ3) is 6.14. The Bertz CT molecular complexity index is 778. The van der Waals surface area contributed by atoms with Gasteiger partial charge in [-0.1, -0.05) is 26.2 Å². The molecule has 0 saturated heterocycles. The molecule has 0 atom stereocenters. The summed E-state index contributed by atoms with van der Waals surface area (Å²) < 4.78 is 28.1. The number of phenolic OH excluding ortho intramolecular Hbond substituents is 1. The molecule has 2 rings (SSSR count). The van der Waals surface area contributed by atoms with E-state index in [1.54, 1.807) is 33.8 Å². The van der Waals surface area contributed by atoms with Gasteiger partial charge >= 0.3 is 5.97 Å². The van der Waals surface area contributed by atoms with E-state index < -0.39 is 25.4 Å². The number of carbonyl (C=O) groups is 1. The van der Waals surface area contributed by atoms with Crippen LogP contribution in [0.3, 0.4) is 0 Å². The number of phenols is 1. The molecule has 0 amide bonds. The molecule has 0 saturated carbocycles. The zero-order chi connectivity index (χ0) is 22.0. The zero-order valence-corrected chi connectivity index (χ0v) is 19.4. The number of rotatable bonds is 9. The number of benzene rings is 1. The molecule has 1 aromatic carbocycles. The second-order valence-corrected chi connectivity index (χ2v) is 14.8. The Morgan fingerprint density at radius 3 is 2.52 bits per heavy atom. The monoisotopic (exact) mass is 424 g/mol. The molecule has 1 N–H and O–H groups in total. The molecule has 0 radical (unpaired) electrons. The number of hydrogen-bond acceptors (Lipinski definition) is 7. The second-order valence-electron chi connectivity index (χ2n) is 9.21. The summed E-state index contributed by atoms with van der Waals surface area (Å²) in [5.74, 6) is -1.97. The highest BCUT2D eigenvalue weighted by atomic mass is 28.3. The number of cyclic esters (lactones) is 1. The van der Waals surface area contributed by atoms with Crippen LogP contribution in [0.5, 0.6) is 23.0 Å². The average molecular weight is 425 g/mol. The van der Waals surface area contributed by atoms with Gasteiger partial charge in [0.2, 0.25) is 17.3 Å². The van der Waals surface area contributed by atoms with E-state index in [0.29, 0.717) is 6.61 Å². The second kappa shape index (κ2) is 8.28. The maximum atomic E-state index is 12.4. The molecule has 1 aromatic rings. The molecule has 1 aliphatic heterocycles. The van der Waals surface area contributed by atoms with Crippen LogP contribution in [0.15, 0.2) is 18.7 Å². The predicted octanol–water partition coefficient (Wildman–Crippen LogP) is 4.71. The van der Waals surface area contributed by atoms with Crippen LogP contribution in [0.1, 0.15) is 38.1 Å². The SMILES string of the molecule is C=CC(C)(C)Oc1c(OCOCC[Si](C)(C)C)cc2c(c1O)OC(C)(C)OC2=O. The lowest BCUT2D eigenvalue weighted by Gasteiger charge is -2.33. The van der Waals surface area contributed by atoms with Gasteiger partial charge in [-0.15, -0.1) is 0 Å². The van der Waals surface area contributed by atoms with Crippen molar-refractivity contribution in [1.82, 2.24) is 0 Å². The summed E-state index contributed by atoms with van der Waals surface area (Å²) >= 11 is 0. The van der Waals surface area contributed by atoms with Gasteiger partial charge in [-0.05, 0) is 26.0 Å². The molecule has 1 aliphatic rings. The minimum absolute atomic E-state index is 0.00638. The Morgan fingerprint density at radius 2 is 1.93 bits per heavy atom. The van der Waals surface area contributed by atoms with Crippen molar-refractivity contribution in [2.75, 3.05) is 13.4 Å². The van der Waals surface area contributed by atoms with Crippen LogP contribution in [0.25, 0.3) is 0 Å². The van der Waals surface area contributed by atoms with Crippen LogP contribution in [0.2, 0.25) is 25.7 Å². The van der Waals surface area contributed by atoms with E-state index in [1.165, 1.54) is 6.07 Å². The maximum absolute atomic E-state index is 12.4. The summed E-state index contributed by atoms with van der Waals surface area (Å²) in [6, 6.07) is 2.43. The highest BCUT2D eigenvalue weighted by Crippen LogP contribution is 2.50. The molecule has 8 heteroatoms. The molecular formula is C21H32O7Si. The summed E-state index contributed by atoms with van der Waals surface area (Å²) in [6.07, 6.45) is 1.60. The van der Waals surface area contributed by atoms with Crippen molar-refractivity contribution in [3.63, 3.8) is 0 Å². The number of fused-ring (bicyclic) bond motifs is 1. The molecule has 0 aromatic heterocycles. The molecule has 162 valence electrons. The summed E-state index contributed by atoms with van der Waals surface area (Å²) in [5.41, 5.74) is -0.740. The van der Waals surface area contributed by atoms with Crippen molar-refractivity contribution in [3.05, 3.63) is 24.3 Å². The molecule has 0 spiro atoms. The third-order valence-electron chi connectivity index (χ3n) is 4.23. The largest absolute Gasteiger partial charge is 0.502 e. The summed E-state index contributed by atoms with van der Waals surface area (Å²) in [4.78, 5) is 12.4. The van der Waals surface area contributed by atoms with E-state index in [0.717, 1.165) is 6.04 Å². The zero-order valence-electron chi connectivity index (χ0n) is 18.4. The van der Waals surface area contributed by atoms with Crippen LogP contribution in [0.4, 0.5) is 0 Å². The quantitative estimate of drug-likeness (QED) is 0.202. The van der Waals surface area contributed by atoms with Crippen LogP contribution in [-0.4, -0.2) is 43.9 Å². The van der Waals surface area contributed by atoms with Gasteiger partial charge in [-0.3, -0.25) is 0 Å². The lowest BCUT2D eigenvalue weighted by Crippen LogP contribution is -2.39. The smallest absolute Gasteiger partial charge is 0.345 e. The number of esters is 1. The number of ether oxygens (including phenoxy) is 5. The Labute approximate surface area is 173 Å². The first-order chi connectivity index (χ1) is 13.2. The van der Waals surface area contributed by atoms with Crippen LogP contribution < -0.4 is 14.2 Å². The van der Waals surface area contributed by atoms with Gasteiger partial charge in [0.05, 0.1) is 0 Å². The van der Waals surface area contributed by atoms with Crippen molar-refractivity contribution in [1.29, 1.82) is 0 Å². The van der Waals surface area contributed by atoms with E-state index in [9.17, 15) is 9.90 Å². The molecule has 0 unspecified atom stereocenters. The van der Waals surface area contributed by atoms with Gasteiger partial charge in [-0.2, -0.15) is 0 Å². The van der Waals surface area contributed by atoms with E-state index in [-0.39, 0.29) is 35.4 Å². The van der Waals surface area contributed by atoms with Crippen molar-refractivity contribution < 1.29 is 33.6 Å². The van der Waals surface area contributed by atoms with Crippen molar-refractivity contribution in [3.8, 4) is 23.0 Å². The van der Waals surface area contributed by atoms with Gasteiger partial charge < -0.3 is 28.8 Å². The topological polar surface area (TPSA) is 83.5 Å². The molecule has 29 heavy (non-hydrogen) atoms. The fraction of sp³-hybridized carbons (Fsp3) is 0.571.